The van der Waals surface area contributed by atoms with Gasteiger partial charge in [-0.15, -0.1) is 11.6 Å². The lowest BCUT2D eigenvalue weighted by atomic mass is 9.77. The number of phenolic OH excluding ortho intramolecular Hbond substituents is 1. The molecule has 0 aliphatic carbocycles. The Balaban J connectivity index is 2.54. The molecule has 0 saturated carbocycles. The Labute approximate surface area is 146 Å². The topological polar surface area (TPSA) is 53.2 Å². The minimum Gasteiger partial charge on any atom is -0.508 e. The zero-order valence-corrected chi connectivity index (χ0v) is 14.4. The molecular formula is C18H17Cl2NO2. The van der Waals surface area contributed by atoms with Crippen LogP contribution in [0.1, 0.15) is 30.5 Å². The van der Waals surface area contributed by atoms with Crippen LogP contribution in [0.4, 0.5) is 0 Å². The maximum Gasteiger partial charge on any atom is 0.155 e. The maximum absolute atomic E-state index is 10.1. The first-order valence-electron chi connectivity index (χ1n) is 7.13. The Morgan fingerprint density at radius 3 is 2.57 bits per heavy atom. The van der Waals surface area contributed by atoms with Crippen LogP contribution in [0.5, 0.6) is 11.5 Å². The summed E-state index contributed by atoms with van der Waals surface area (Å²) in [7, 11) is 0. The summed E-state index contributed by atoms with van der Waals surface area (Å²) in [6.45, 7) is 4.21. The molecule has 0 aliphatic rings. The van der Waals surface area contributed by atoms with Gasteiger partial charge in [-0.05, 0) is 23.8 Å². The predicted octanol–water partition coefficient (Wildman–Crippen LogP) is 4.86. The van der Waals surface area contributed by atoms with Crippen molar-refractivity contribution in [3.63, 3.8) is 0 Å². The van der Waals surface area contributed by atoms with E-state index < -0.39 is 5.41 Å². The van der Waals surface area contributed by atoms with Crippen LogP contribution in [0, 0.1) is 11.3 Å². The number of rotatable bonds is 5. The molecule has 0 amide bonds. The average molecular weight is 350 g/mol. The van der Waals surface area contributed by atoms with Gasteiger partial charge in [0.1, 0.15) is 18.4 Å². The smallest absolute Gasteiger partial charge is 0.155 e. The SMILES string of the molecule is CC(C)(c1cc(Cl)c(OCCCl)c(C#N)c1)c1ccccc1O. The highest BCUT2D eigenvalue weighted by Crippen LogP contribution is 2.40. The second-order valence-electron chi connectivity index (χ2n) is 5.63. The highest BCUT2D eigenvalue weighted by Gasteiger charge is 2.28. The molecule has 0 unspecified atom stereocenters. The molecule has 0 fully saturated rings. The third-order valence-electron chi connectivity index (χ3n) is 3.79. The number of benzene rings is 2. The fourth-order valence-electron chi connectivity index (χ4n) is 2.48. The number of hydrogen-bond donors (Lipinski definition) is 1. The monoisotopic (exact) mass is 349 g/mol. The van der Waals surface area contributed by atoms with E-state index in [1.54, 1.807) is 24.3 Å². The van der Waals surface area contributed by atoms with Crippen molar-refractivity contribution < 1.29 is 9.84 Å². The molecule has 0 heterocycles. The molecule has 1 N–H and O–H groups in total. The molecule has 0 aromatic heterocycles. The Morgan fingerprint density at radius 2 is 1.96 bits per heavy atom. The molecule has 5 heteroatoms. The molecular weight excluding hydrogens is 333 g/mol. The number of alkyl halides is 1. The van der Waals surface area contributed by atoms with E-state index in [9.17, 15) is 10.4 Å². The van der Waals surface area contributed by atoms with E-state index in [4.69, 9.17) is 27.9 Å². The van der Waals surface area contributed by atoms with E-state index in [0.717, 1.165) is 11.1 Å². The van der Waals surface area contributed by atoms with Gasteiger partial charge in [0.25, 0.3) is 0 Å². The molecule has 0 saturated heterocycles. The van der Waals surface area contributed by atoms with Crippen molar-refractivity contribution in [3.8, 4) is 17.6 Å². The lowest BCUT2D eigenvalue weighted by molar-refractivity contribution is 0.341. The van der Waals surface area contributed by atoms with Gasteiger partial charge < -0.3 is 9.84 Å². The highest BCUT2D eigenvalue weighted by molar-refractivity contribution is 6.32. The first kappa shape index (κ1) is 17.5. The van der Waals surface area contributed by atoms with E-state index in [0.29, 0.717) is 22.2 Å². The molecule has 23 heavy (non-hydrogen) atoms. The van der Waals surface area contributed by atoms with E-state index in [1.165, 1.54) is 0 Å². The third-order valence-corrected chi connectivity index (χ3v) is 4.22. The number of halogens is 2. The van der Waals surface area contributed by atoms with Crippen molar-refractivity contribution in [2.75, 3.05) is 12.5 Å². The second-order valence-corrected chi connectivity index (χ2v) is 6.41. The minimum atomic E-state index is -0.522. The van der Waals surface area contributed by atoms with Crippen LogP contribution < -0.4 is 4.74 Å². The average Bonchev–Trinajstić information content (AvgIpc) is 2.53. The Bertz CT molecular complexity index is 751. The largest absolute Gasteiger partial charge is 0.508 e. The Kier molecular flexibility index (Phi) is 5.41. The van der Waals surface area contributed by atoms with Crippen LogP contribution in [0.15, 0.2) is 36.4 Å². The van der Waals surface area contributed by atoms with Crippen molar-refractivity contribution in [1.82, 2.24) is 0 Å². The standard InChI is InChI=1S/C18H17Cl2NO2/c1-18(2,14-5-3-4-6-16(14)22)13-9-12(11-21)17(15(20)10-13)23-8-7-19/h3-6,9-10,22H,7-8H2,1-2H3. The van der Waals surface area contributed by atoms with Gasteiger partial charge >= 0.3 is 0 Å². The number of aromatic hydroxyl groups is 1. The molecule has 2 aromatic carbocycles. The Hall–Kier alpha value is -1.89. The molecule has 0 radical (unpaired) electrons. The predicted molar refractivity (Wildman–Crippen MR) is 92.6 cm³/mol. The van der Waals surface area contributed by atoms with Gasteiger partial charge in [0.2, 0.25) is 0 Å². The number of nitriles is 1. The van der Waals surface area contributed by atoms with Crippen molar-refractivity contribution in [1.29, 1.82) is 5.26 Å². The quantitative estimate of drug-likeness (QED) is 0.784. The molecule has 120 valence electrons. The molecule has 0 aliphatic heterocycles. The summed E-state index contributed by atoms with van der Waals surface area (Å²) in [4.78, 5) is 0. The summed E-state index contributed by atoms with van der Waals surface area (Å²) in [5.41, 5.74) is 1.40. The van der Waals surface area contributed by atoms with E-state index in [2.05, 4.69) is 6.07 Å². The van der Waals surface area contributed by atoms with Gasteiger partial charge in [0.15, 0.2) is 5.75 Å². The number of ether oxygens (including phenoxy) is 1. The normalized spacial score (nSPS) is 11.1. The number of phenols is 1. The second kappa shape index (κ2) is 7.12. The summed E-state index contributed by atoms with van der Waals surface area (Å²) >= 11 is 11.9. The molecule has 2 aromatic rings. The fourth-order valence-corrected chi connectivity index (χ4v) is 2.83. The van der Waals surface area contributed by atoms with Gasteiger partial charge in [-0.25, -0.2) is 0 Å². The van der Waals surface area contributed by atoms with Crippen molar-refractivity contribution in [2.45, 2.75) is 19.3 Å². The van der Waals surface area contributed by atoms with Crippen LogP contribution in [0.3, 0.4) is 0 Å². The lowest BCUT2D eigenvalue weighted by Crippen LogP contribution is -2.19. The van der Waals surface area contributed by atoms with Gasteiger partial charge in [0.05, 0.1) is 16.5 Å². The van der Waals surface area contributed by atoms with Gasteiger partial charge in [-0.1, -0.05) is 43.6 Å². The summed E-state index contributed by atoms with van der Waals surface area (Å²) in [6.07, 6.45) is 0. The molecule has 0 atom stereocenters. The van der Waals surface area contributed by atoms with Gasteiger partial charge in [0, 0.05) is 11.0 Å². The van der Waals surface area contributed by atoms with Crippen LogP contribution >= 0.6 is 23.2 Å². The lowest BCUT2D eigenvalue weighted by Gasteiger charge is -2.27. The first-order valence-corrected chi connectivity index (χ1v) is 8.04. The van der Waals surface area contributed by atoms with Crippen LogP contribution in [-0.4, -0.2) is 17.6 Å². The third kappa shape index (κ3) is 3.55. The molecule has 2 rings (SSSR count). The number of nitrogens with zero attached hydrogens (tertiary/aromatic N) is 1. The summed E-state index contributed by atoms with van der Waals surface area (Å²) in [6, 6.07) is 12.7. The summed E-state index contributed by atoms with van der Waals surface area (Å²) < 4.78 is 5.47. The van der Waals surface area contributed by atoms with Gasteiger partial charge in [-0.2, -0.15) is 5.26 Å². The summed E-state index contributed by atoms with van der Waals surface area (Å²) in [5, 5.41) is 19.9. The number of hydrogen-bond acceptors (Lipinski definition) is 3. The minimum absolute atomic E-state index is 0.203. The molecule has 0 spiro atoms. The molecule has 3 nitrogen and oxygen atoms in total. The summed E-state index contributed by atoms with van der Waals surface area (Å²) in [5.74, 6) is 0.855. The highest BCUT2D eigenvalue weighted by atomic mass is 35.5. The van der Waals surface area contributed by atoms with Crippen LogP contribution in [0.25, 0.3) is 0 Å². The van der Waals surface area contributed by atoms with Crippen LogP contribution in [-0.2, 0) is 5.41 Å². The zero-order valence-electron chi connectivity index (χ0n) is 12.9. The Morgan fingerprint density at radius 1 is 1.26 bits per heavy atom. The zero-order chi connectivity index (χ0) is 17.0. The molecule has 0 bridgehead atoms. The maximum atomic E-state index is 10.1. The van der Waals surface area contributed by atoms with E-state index >= 15 is 0 Å². The van der Waals surface area contributed by atoms with E-state index in [-0.39, 0.29) is 12.4 Å². The van der Waals surface area contributed by atoms with Crippen molar-refractivity contribution in [2.24, 2.45) is 0 Å². The van der Waals surface area contributed by atoms with Crippen molar-refractivity contribution >= 4 is 23.2 Å². The number of para-hydroxylation sites is 1. The van der Waals surface area contributed by atoms with Crippen LogP contribution in [0.2, 0.25) is 5.02 Å². The fraction of sp³-hybridized carbons (Fsp3) is 0.278. The first-order chi connectivity index (χ1) is 10.9. The van der Waals surface area contributed by atoms with E-state index in [1.807, 2.05) is 26.0 Å². The van der Waals surface area contributed by atoms with Crippen molar-refractivity contribution in [3.05, 3.63) is 58.1 Å². The van der Waals surface area contributed by atoms with Gasteiger partial charge in [-0.3, -0.25) is 0 Å².